The Bertz CT molecular complexity index is 375. The molecule has 1 rings (SSSR count). The Hall–Kier alpha value is -1.98. The zero-order valence-electron chi connectivity index (χ0n) is 6.81. The predicted molar refractivity (Wildman–Crippen MR) is 45.6 cm³/mol. The number of nitrogen functional groups attached to an aromatic ring is 1. The van der Waals surface area contributed by atoms with Crippen molar-refractivity contribution in [2.75, 3.05) is 5.73 Å². The summed E-state index contributed by atoms with van der Waals surface area (Å²) in [6.45, 7) is 1.40. The van der Waals surface area contributed by atoms with Crippen LogP contribution < -0.4 is 5.73 Å². The van der Waals surface area contributed by atoms with Crippen molar-refractivity contribution in [3.63, 3.8) is 0 Å². The minimum absolute atomic E-state index is 0.139. The van der Waals surface area contributed by atoms with Gasteiger partial charge < -0.3 is 15.9 Å². The molecule has 70 valence electrons. The molecule has 0 aliphatic rings. The van der Waals surface area contributed by atoms with Crippen LogP contribution in [0.25, 0.3) is 0 Å². The van der Waals surface area contributed by atoms with Gasteiger partial charge in [0.05, 0.1) is 22.2 Å². The van der Waals surface area contributed by atoms with Crippen LogP contribution in [-0.4, -0.2) is 15.1 Å². The summed E-state index contributed by atoms with van der Waals surface area (Å²) < 4.78 is 0. The second-order valence-electron chi connectivity index (χ2n) is 2.56. The zero-order chi connectivity index (χ0) is 10.2. The molecular weight excluding hydrogens is 176 g/mol. The largest absolute Gasteiger partial charge is 0.504 e. The third kappa shape index (κ3) is 1.33. The molecule has 0 saturated heterocycles. The molecule has 0 heterocycles. The third-order valence-corrected chi connectivity index (χ3v) is 1.76. The molecule has 0 fully saturated rings. The summed E-state index contributed by atoms with van der Waals surface area (Å²) >= 11 is 0. The van der Waals surface area contributed by atoms with Crippen molar-refractivity contribution >= 4 is 11.4 Å². The molecule has 0 atom stereocenters. The number of benzene rings is 1. The molecule has 6 heteroatoms. The summed E-state index contributed by atoms with van der Waals surface area (Å²) in [5.41, 5.74) is 4.96. The van der Waals surface area contributed by atoms with Crippen molar-refractivity contribution in [1.29, 1.82) is 0 Å². The van der Waals surface area contributed by atoms with Crippen molar-refractivity contribution in [2.45, 2.75) is 6.92 Å². The fourth-order valence-corrected chi connectivity index (χ4v) is 0.949. The van der Waals surface area contributed by atoms with E-state index in [1.54, 1.807) is 0 Å². The minimum Gasteiger partial charge on any atom is -0.504 e. The van der Waals surface area contributed by atoms with Gasteiger partial charge in [-0.25, -0.2) is 0 Å². The average molecular weight is 184 g/mol. The van der Waals surface area contributed by atoms with E-state index in [1.165, 1.54) is 6.92 Å². The van der Waals surface area contributed by atoms with Gasteiger partial charge in [-0.3, -0.25) is 10.1 Å². The first-order chi connectivity index (χ1) is 5.95. The molecule has 0 spiro atoms. The highest BCUT2D eigenvalue weighted by Crippen LogP contribution is 2.38. The Kier molecular flexibility index (Phi) is 1.97. The quantitative estimate of drug-likeness (QED) is 0.260. The highest BCUT2D eigenvalue weighted by molar-refractivity contribution is 5.70. The van der Waals surface area contributed by atoms with E-state index in [-0.39, 0.29) is 16.9 Å². The van der Waals surface area contributed by atoms with E-state index in [4.69, 9.17) is 15.9 Å². The van der Waals surface area contributed by atoms with Gasteiger partial charge in [0.1, 0.15) is 0 Å². The van der Waals surface area contributed by atoms with Crippen LogP contribution in [0.1, 0.15) is 5.56 Å². The van der Waals surface area contributed by atoms with E-state index in [9.17, 15) is 10.1 Å². The van der Waals surface area contributed by atoms with Crippen molar-refractivity contribution in [2.24, 2.45) is 0 Å². The number of anilines is 1. The van der Waals surface area contributed by atoms with E-state index < -0.39 is 16.4 Å². The average Bonchev–Trinajstić information content (AvgIpc) is 2.07. The van der Waals surface area contributed by atoms with Crippen molar-refractivity contribution in [1.82, 2.24) is 0 Å². The summed E-state index contributed by atoms with van der Waals surface area (Å²) in [7, 11) is 0. The number of nitrogens with zero attached hydrogens (tertiary/aromatic N) is 1. The fourth-order valence-electron chi connectivity index (χ4n) is 0.949. The van der Waals surface area contributed by atoms with E-state index in [1.807, 2.05) is 0 Å². The van der Waals surface area contributed by atoms with Crippen LogP contribution in [0.3, 0.4) is 0 Å². The Balaban J connectivity index is 3.50. The smallest absolute Gasteiger partial charge is 0.278 e. The van der Waals surface area contributed by atoms with Crippen LogP contribution in [0.4, 0.5) is 11.4 Å². The maximum absolute atomic E-state index is 10.4. The molecule has 0 bridgehead atoms. The normalized spacial score (nSPS) is 9.92. The van der Waals surface area contributed by atoms with Crippen molar-refractivity contribution in [3.8, 4) is 11.5 Å². The van der Waals surface area contributed by atoms with Crippen LogP contribution >= 0.6 is 0 Å². The predicted octanol–water partition coefficient (Wildman–Crippen LogP) is 0.897. The number of phenolic OH excluding ortho intramolecular Hbond substituents is 2. The monoisotopic (exact) mass is 184 g/mol. The summed E-state index contributed by atoms with van der Waals surface area (Å²) in [4.78, 5) is 9.72. The van der Waals surface area contributed by atoms with Gasteiger partial charge >= 0.3 is 0 Å². The molecule has 6 nitrogen and oxygen atoms in total. The molecule has 0 unspecified atom stereocenters. The molecule has 4 N–H and O–H groups in total. The van der Waals surface area contributed by atoms with E-state index in [0.717, 1.165) is 6.07 Å². The molecular formula is C7H8N2O4. The van der Waals surface area contributed by atoms with Crippen LogP contribution in [0.15, 0.2) is 6.07 Å². The molecule has 0 amide bonds. The SMILES string of the molecule is Cc1c([N+](=O)[O-])cc(O)c(O)c1N. The van der Waals surface area contributed by atoms with Gasteiger partial charge in [0, 0.05) is 0 Å². The first-order valence-electron chi connectivity index (χ1n) is 3.40. The third-order valence-electron chi connectivity index (χ3n) is 1.76. The summed E-state index contributed by atoms with van der Waals surface area (Å²) in [5.74, 6) is -1.11. The lowest BCUT2D eigenvalue weighted by atomic mass is 10.1. The Morgan fingerprint density at radius 1 is 1.54 bits per heavy atom. The van der Waals surface area contributed by atoms with E-state index in [2.05, 4.69) is 0 Å². The first-order valence-corrected chi connectivity index (χ1v) is 3.40. The van der Waals surface area contributed by atoms with Crippen molar-refractivity contribution < 1.29 is 15.1 Å². The van der Waals surface area contributed by atoms with Crippen LogP contribution in [0, 0.1) is 17.0 Å². The highest BCUT2D eigenvalue weighted by atomic mass is 16.6. The van der Waals surface area contributed by atoms with Crippen LogP contribution in [0.2, 0.25) is 0 Å². The molecule has 1 aromatic carbocycles. The molecule has 0 aliphatic carbocycles. The molecule has 13 heavy (non-hydrogen) atoms. The van der Waals surface area contributed by atoms with Crippen LogP contribution in [0.5, 0.6) is 11.5 Å². The Labute approximate surface area is 73.4 Å². The van der Waals surface area contributed by atoms with Crippen molar-refractivity contribution in [3.05, 3.63) is 21.7 Å². The maximum atomic E-state index is 10.4. The standard InChI is InChI=1S/C7H8N2O4/c1-3-4(9(12)13)2-5(10)7(11)6(3)8/h2,10-11H,8H2,1H3. The van der Waals surface area contributed by atoms with E-state index in [0.29, 0.717) is 0 Å². The first kappa shape index (κ1) is 9.11. The second kappa shape index (κ2) is 2.81. The highest BCUT2D eigenvalue weighted by Gasteiger charge is 2.19. The molecule has 0 radical (unpaired) electrons. The van der Waals surface area contributed by atoms with Gasteiger partial charge in [0.2, 0.25) is 0 Å². The van der Waals surface area contributed by atoms with Crippen LogP contribution in [-0.2, 0) is 0 Å². The number of nitro benzene ring substituents is 1. The van der Waals surface area contributed by atoms with Gasteiger partial charge in [-0.1, -0.05) is 0 Å². The molecule has 0 saturated carbocycles. The fraction of sp³-hybridized carbons (Fsp3) is 0.143. The summed E-state index contributed by atoms with van der Waals surface area (Å²) in [6.07, 6.45) is 0. The topological polar surface area (TPSA) is 110 Å². The minimum atomic E-state index is -0.676. The Morgan fingerprint density at radius 3 is 2.54 bits per heavy atom. The number of phenols is 2. The van der Waals surface area contributed by atoms with Gasteiger partial charge in [0.25, 0.3) is 5.69 Å². The second-order valence-corrected chi connectivity index (χ2v) is 2.56. The molecule has 0 aromatic heterocycles. The van der Waals surface area contributed by atoms with Gasteiger partial charge in [0.15, 0.2) is 11.5 Å². The number of hydrogen-bond donors (Lipinski definition) is 3. The number of nitrogens with two attached hydrogens (primary N) is 1. The number of hydrogen-bond acceptors (Lipinski definition) is 5. The van der Waals surface area contributed by atoms with Gasteiger partial charge in [-0.15, -0.1) is 0 Å². The van der Waals surface area contributed by atoms with Gasteiger partial charge in [-0.2, -0.15) is 0 Å². The zero-order valence-corrected chi connectivity index (χ0v) is 6.81. The number of nitro groups is 1. The number of rotatable bonds is 1. The lowest BCUT2D eigenvalue weighted by Gasteiger charge is -2.05. The molecule has 0 aliphatic heterocycles. The van der Waals surface area contributed by atoms with E-state index >= 15 is 0 Å². The number of aromatic hydroxyl groups is 2. The molecule has 1 aromatic rings. The Morgan fingerprint density at radius 2 is 2.08 bits per heavy atom. The maximum Gasteiger partial charge on any atom is 0.278 e. The summed E-state index contributed by atoms with van der Waals surface area (Å²) in [6, 6.07) is 0.862. The van der Waals surface area contributed by atoms with Gasteiger partial charge in [-0.05, 0) is 6.92 Å². The lowest BCUT2D eigenvalue weighted by molar-refractivity contribution is -0.385. The summed E-state index contributed by atoms with van der Waals surface area (Å²) in [5, 5.41) is 28.5. The lowest BCUT2D eigenvalue weighted by Crippen LogP contribution is -1.97.